The van der Waals surface area contributed by atoms with Crippen molar-refractivity contribution in [1.82, 2.24) is 10.6 Å². The molecule has 3 rings (SSSR count). The van der Waals surface area contributed by atoms with Gasteiger partial charge in [-0.25, -0.2) is 0 Å². The van der Waals surface area contributed by atoms with Crippen molar-refractivity contribution in [1.29, 1.82) is 0 Å². The molecule has 5 heteroatoms. The summed E-state index contributed by atoms with van der Waals surface area (Å²) in [6.45, 7) is 2.58. The largest absolute Gasteiger partial charge is 0.352 e. The van der Waals surface area contributed by atoms with Gasteiger partial charge in [-0.15, -0.1) is 0 Å². The van der Waals surface area contributed by atoms with Crippen molar-refractivity contribution in [2.24, 2.45) is 0 Å². The number of amides is 2. The molecule has 1 heterocycles. The summed E-state index contributed by atoms with van der Waals surface area (Å²) >= 11 is 0. The second-order valence-electron chi connectivity index (χ2n) is 6.74. The molecule has 4 N–H and O–H groups in total. The highest BCUT2D eigenvalue weighted by molar-refractivity contribution is 5.89. The van der Waals surface area contributed by atoms with Crippen LogP contribution >= 0.6 is 0 Å². The van der Waals surface area contributed by atoms with Crippen LogP contribution in [0, 0.1) is 0 Å². The van der Waals surface area contributed by atoms with Crippen molar-refractivity contribution in [3.63, 3.8) is 0 Å². The quantitative estimate of drug-likeness (QED) is 0.744. The molecule has 2 amide bonds. The molecule has 124 valence electrons. The molecule has 1 saturated carbocycles. The Morgan fingerprint density at radius 3 is 2.61 bits per heavy atom. The third-order valence-corrected chi connectivity index (χ3v) is 4.97. The van der Waals surface area contributed by atoms with E-state index in [0.717, 1.165) is 25.8 Å². The Hall–Kier alpha value is -1.88. The molecule has 0 aromatic heterocycles. The van der Waals surface area contributed by atoms with Gasteiger partial charge in [-0.2, -0.15) is 0 Å². The molecule has 2 atom stereocenters. The van der Waals surface area contributed by atoms with Crippen LogP contribution in [0.1, 0.15) is 43.7 Å². The Kier molecular flexibility index (Phi) is 4.96. The molecule has 1 aliphatic carbocycles. The first-order valence-corrected chi connectivity index (χ1v) is 8.64. The molecule has 1 aromatic rings. The van der Waals surface area contributed by atoms with E-state index < -0.39 is 6.04 Å². The minimum atomic E-state index is -0.478. The van der Waals surface area contributed by atoms with Crippen LogP contribution in [0.15, 0.2) is 24.3 Å². The maximum atomic E-state index is 12.4. The zero-order valence-electron chi connectivity index (χ0n) is 13.7. The molecule has 1 fully saturated rings. The van der Waals surface area contributed by atoms with E-state index in [9.17, 15) is 9.59 Å². The molecule has 5 nitrogen and oxygen atoms in total. The van der Waals surface area contributed by atoms with Gasteiger partial charge in [0.2, 0.25) is 5.91 Å². The molecule has 1 aromatic carbocycles. The lowest BCUT2D eigenvalue weighted by Gasteiger charge is -2.24. The maximum absolute atomic E-state index is 12.4. The number of fused-ring (bicyclic) bond motifs is 1. The zero-order valence-corrected chi connectivity index (χ0v) is 13.7. The Bertz CT molecular complexity index is 581. The summed E-state index contributed by atoms with van der Waals surface area (Å²) in [7, 11) is 0. The number of nitrogens with one attached hydrogen (secondary N) is 2. The van der Waals surface area contributed by atoms with Crippen LogP contribution in [-0.4, -0.2) is 29.9 Å². The Morgan fingerprint density at radius 1 is 1.17 bits per heavy atom. The number of hydrogen-bond donors (Lipinski definition) is 3. The lowest BCUT2D eigenvalue weighted by molar-refractivity contribution is -0.695. The molecule has 0 saturated heterocycles. The SMILES string of the molecule is C[C@@H](NC(=O)[C@@H]1Cc2ccccc2C[NH2+]1)C(=O)NC1CCCC1. The van der Waals surface area contributed by atoms with Crippen molar-refractivity contribution in [3.8, 4) is 0 Å². The molecule has 0 radical (unpaired) electrons. The van der Waals surface area contributed by atoms with Crippen LogP contribution in [0.4, 0.5) is 0 Å². The Labute approximate surface area is 137 Å². The molecule has 0 unspecified atom stereocenters. The normalized spacial score (nSPS) is 22.2. The summed E-state index contributed by atoms with van der Waals surface area (Å²) in [5, 5.41) is 7.97. The number of carbonyl (C=O) groups is 2. The van der Waals surface area contributed by atoms with Crippen LogP contribution in [-0.2, 0) is 22.6 Å². The lowest BCUT2D eigenvalue weighted by Crippen LogP contribution is -2.93. The molecule has 2 aliphatic rings. The maximum Gasteiger partial charge on any atom is 0.279 e. The first-order chi connectivity index (χ1) is 11.1. The summed E-state index contributed by atoms with van der Waals surface area (Å²) < 4.78 is 0. The van der Waals surface area contributed by atoms with E-state index in [0.29, 0.717) is 0 Å². The summed E-state index contributed by atoms with van der Waals surface area (Å²) in [4.78, 5) is 24.6. The molecule has 23 heavy (non-hydrogen) atoms. The molecule has 0 bridgehead atoms. The third kappa shape index (κ3) is 3.91. The minimum absolute atomic E-state index is 0.0476. The number of hydrogen-bond acceptors (Lipinski definition) is 2. The fraction of sp³-hybridized carbons (Fsp3) is 0.556. The summed E-state index contributed by atoms with van der Waals surface area (Å²) in [6, 6.07) is 7.89. The van der Waals surface area contributed by atoms with Crippen molar-refractivity contribution < 1.29 is 14.9 Å². The number of nitrogens with two attached hydrogens (primary N) is 1. The fourth-order valence-electron chi connectivity index (χ4n) is 3.53. The van der Waals surface area contributed by atoms with Gasteiger partial charge in [-0.05, 0) is 25.3 Å². The van der Waals surface area contributed by atoms with Gasteiger partial charge in [0.15, 0.2) is 6.04 Å². The van der Waals surface area contributed by atoms with E-state index >= 15 is 0 Å². The molecular weight excluding hydrogens is 290 g/mol. The monoisotopic (exact) mass is 316 g/mol. The van der Waals surface area contributed by atoms with Gasteiger partial charge in [0.05, 0.1) is 0 Å². The first kappa shape index (κ1) is 16.0. The minimum Gasteiger partial charge on any atom is -0.352 e. The van der Waals surface area contributed by atoms with Gasteiger partial charge in [-0.1, -0.05) is 37.1 Å². The Balaban J connectivity index is 1.51. The van der Waals surface area contributed by atoms with Gasteiger partial charge >= 0.3 is 0 Å². The number of benzene rings is 1. The highest BCUT2D eigenvalue weighted by Crippen LogP contribution is 2.17. The number of quaternary nitrogens is 1. The van der Waals surface area contributed by atoms with Gasteiger partial charge in [0.1, 0.15) is 12.6 Å². The Morgan fingerprint density at radius 2 is 1.87 bits per heavy atom. The second kappa shape index (κ2) is 7.13. The van der Waals surface area contributed by atoms with E-state index in [-0.39, 0.29) is 23.9 Å². The topological polar surface area (TPSA) is 74.8 Å². The summed E-state index contributed by atoms with van der Waals surface area (Å²) in [5.41, 5.74) is 2.53. The lowest BCUT2D eigenvalue weighted by atomic mass is 9.95. The zero-order chi connectivity index (χ0) is 16.2. The molecule has 1 aliphatic heterocycles. The van der Waals surface area contributed by atoms with Crippen molar-refractivity contribution in [3.05, 3.63) is 35.4 Å². The number of rotatable bonds is 4. The van der Waals surface area contributed by atoms with E-state index in [1.165, 1.54) is 24.0 Å². The van der Waals surface area contributed by atoms with Crippen molar-refractivity contribution >= 4 is 11.8 Å². The van der Waals surface area contributed by atoms with Gasteiger partial charge in [0, 0.05) is 18.0 Å². The van der Waals surface area contributed by atoms with Crippen molar-refractivity contribution in [2.75, 3.05) is 0 Å². The third-order valence-electron chi connectivity index (χ3n) is 4.97. The average molecular weight is 316 g/mol. The van der Waals surface area contributed by atoms with Crippen LogP contribution in [0.3, 0.4) is 0 Å². The second-order valence-corrected chi connectivity index (χ2v) is 6.74. The van der Waals surface area contributed by atoms with E-state index in [4.69, 9.17) is 0 Å². The van der Waals surface area contributed by atoms with Gasteiger partial charge < -0.3 is 16.0 Å². The van der Waals surface area contributed by atoms with Crippen LogP contribution < -0.4 is 16.0 Å². The van der Waals surface area contributed by atoms with Crippen molar-refractivity contribution in [2.45, 2.75) is 63.7 Å². The van der Waals surface area contributed by atoms with Gasteiger partial charge in [-0.3, -0.25) is 9.59 Å². The van der Waals surface area contributed by atoms with Crippen LogP contribution in [0.25, 0.3) is 0 Å². The standard InChI is InChI=1S/C18H25N3O2/c1-12(17(22)21-15-8-4-5-9-15)20-18(23)16-10-13-6-2-3-7-14(13)11-19-16/h2-3,6-7,12,15-16,19H,4-5,8-11H2,1H3,(H,20,23)(H,21,22)/p+1/t12-,16+/m1/s1. The number of carbonyl (C=O) groups excluding carboxylic acids is 2. The summed E-state index contributed by atoms with van der Waals surface area (Å²) in [6.07, 6.45) is 5.20. The predicted molar refractivity (Wildman–Crippen MR) is 87.6 cm³/mol. The molecule has 0 spiro atoms. The smallest absolute Gasteiger partial charge is 0.279 e. The fourth-order valence-corrected chi connectivity index (χ4v) is 3.53. The van der Waals surface area contributed by atoms with Crippen LogP contribution in [0.5, 0.6) is 0 Å². The van der Waals surface area contributed by atoms with E-state index in [1.54, 1.807) is 6.92 Å². The summed E-state index contributed by atoms with van der Waals surface area (Å²) in [5.74, 6) is -0.116. The van der Waals surface area contributed by atoms with Crippen LogP contribution in [0.2, 0.25) is 0 Å². The highest BCUT2D eigenvalue weighted by atomic mass is 16.2. The average Bonchev–Trinajstić information content (AvgIpc) is 3.07. The van der Waals surface area contributed by atoms with E-state index in [2.05, 4.69) is 28.1 Å². The first-order valence-electron chi connectivity index (χ1n) is 8.64. The molecular formula is C18H26N3O2+. The van der Waals surface area contributed by atoms with Gasteiger partial charge in [0.25, 0.3) is 5.91 Å². The van der Waals surface area contributed by atoms with E-state index in [1.807, 2.05) is 12.1 Å². The highest BCUT2D eigenvalue weighted by Gasteiger charge is 2.30. The predicted octanol–water partition coefficient (Wildman–Crippen LogP) is 0.238.